The molecule has 1 aromatic carbocycles. The molecule has 1 saturated carbocycles. The average Bonchev–Trinajstić information content (AvgIpc) is 2.99. The predicted molar refractivity (Wildman–Crippen MR) is 81.9 cm³/mol. The number of nitrogens with one attached hydrogen (secondary N) is 1. The van der Waals surface area contributed by atoms with Gasteiger partial charge in [-0.2, -0.15) is 5.26 Å². The number of aromatic nitrogens is 1. The van der Waals surface area contributed by atoms with Crippen LogP contribution >= 0.6 is 0 Å². The molecular formula is C17H19N3O. The van der Waals surface area contributed by atoms with Crippen LogP contribution in [0.15, 0.2) is 30.3 Å². The van der Waals surface area contributed by atoms with Crippen molar-refractivity contribution in [3.05, 3.63) is 36.0 Å². The molecular weight excluding hydrogens is 262 g/mol. The summed E-state index contributed by atoms with van der Waals surface area (Å²) >= 11 is 0. The Morgan fingerprint density at radius 3 is 3.05 bits per heavy atom. The molecule has 2 unspecified atom stereocenters. The van der Waals surface area contributed by atoms with E-state index in [4.69, 9.17) is 10.00 Å². The van der Waals surface area contributed by atoms with E-state index in [0.29, 0.717) is 12.6 Å². The molecule has 1 heterocycles. The van der Waals surface area contributed by atoms with E-state index in [1.54, 1.807) is 7.11 Å². The van der Waals surface area contributed by atoms with Gasteiger partial charge in [0, 0.05) is 18.0 Å². The third-order valence-corrected chi connectivity index (χ3v) is 4.19. The van der Waals surface area contributed by atoms with E-state index in [0.717, 1.165) is 41.6 Å². The average molecular weight is 281 g/mol. The molecule has 0 radical (unpaired) electrons. The summed E-state index contributed by atoms with van der Waals surface area (Å²) in [5, 5.41) is 13.7. The minimum absolute atomic E-state index is 0.139. The number of ether oxygens (including phenoxy) is 1. The molecule has 0 amide bonds. The number of fused-ring (bicyclic) bond motifs is 1. The van der Waals surface area contributed by atoms with Gasteiger partial charge in [0.1, 0.15) is 11.3 Å². The van der Waals surface area contributed by atoms with E-state index in [1.807, 2.05) is 24.3 Å². The molecule has 0 saturated heterocycles. The van der Waals surface area contributed by atoms with Crippen LogP contribution in [0.2, 0.25) is 0 Å². The number of nitriles is 1. The Bertz CT molecular complexity index is 677. The Labute approximate surface area is 124 Å². The maximum Gasteiger partial charge on any atom is 0.145 e. The van der Waals surface area contributed by atoms with Crippen LogP contribution in [-0.2, 0) is 6.54 Å². The Morgan fingerprint density at radius 1 is 1.33 bits per heavy atom. The summed E-state index contributed by atoms with van der Waals surface area (Å²) in [6.45, 7) is 0.691. The Morgan fingerprint density at radius 2 is 2.24 bits per heavy atom. The number of pyridine rings is 1. The fourth-order valence-corrected chi connectivity index (χ4v) is 3.02. The maximum absolute atomic E-state index is 9.12. The fraction of sp³-hybridized carbons (Fsp3) is 0.412. The maximum atomic E-state index is 9.12. The Hall–Kier alpha value is -2.12. The Balaban J connectivity index is 1.77. The highest BCUT2D eigenvalue weighted by molar-refractivity contribution is 5.84. The summed E-state index contributed by atoms with van der Waals surface area (Å²) in [5.41, 5.74) is 1.87. The SMILES string of the molecule is COc1cccc2ccc(CNC3CCCC3C#N)nc12. The first kappa shape index (κ1) is 13.8. The van der Waals surface area contributed by atoms with E-state index in [2.05, 4.69) is 22.4 Å². The van der Waals surface area contributed by atoms with Crippen LogP contribution < -0.4 is 10.1 Å². The molecule has 1 fully saturated rings. The van der Waals surface area contributed by atoms with Gasteiger partial charge >= 0.3 is 0 Å². The van der Waals surface area contributed by atoms with Crippen molar-refractivity contribution in [2.45, 2.75) is 31.8 Å². The molecule has 0 bridgehead atoms. The third-order valence-electron chi connectivity index (χ3n) is 4.19. The van der Waals surface area contributed by atoms with Crippen molar-refractivity contribution in [3.8, 4) is 11.8 Å². The summed E-state index contributed by atoms with van der Waals surface area (Å²) in [6.07, 6.45) is 3.22. The molecule has 2 aromatic rings. The second kappa shape index (κ2) is 6.11. The number of para-hydroxylation sites is 1. The van der Waals surface area contributed by atoms with Gasteiger partial charge in [-0.1, -0.05) is 24.6 Å². The van der Waals surface area contributed by atoms with Gasteiger partial charge in [0.15, 0.2) is 0 Å². The highest BCUT2D eigenvalue weighted by atomic mass is 16.5. The van der Waals surface area contributed by atoms with Gasteiger partial charge in [0.05, 0.1) is 24.8 Å². The van der Waals surface area contributed by atoms with Crippen molar-refractivity contribution in [2.75, 3.05) is 7.11 Å². The quantitative estimate of drug-likeness (QED) is 0.936. The number of rotatable bonds is 4. The van der Waals surface area contributed by atoms with Crippen molar-refractivity contribution < 1.29 is 4.74 Å². The highest BCUT2D eigenvalue weighted by Crippen LogP contribution is 2.26. The zero-order valence-electron chi connectivity index (χ0n) is 12.2. The lowest BCUT2D eigenvalue weighted by atomic mass is 10.1. The van der Waals surface area contributed by atoms with Crippen LogP contribution in [0.25, 0.3) is 10.9 Å². The van der Waals surface area contributed by atoms with Crippen LogP contribution in [0.3, 0.4) is 0 Å². The van der Waals surface area contributed by atoms with E-state index in [9.17, 15) is 0 Å². The molecule has 21 heavy (non-hydrogen) atoms. The van der Waals surface area contributed by atoms with Crippen molar-refractivity contribution in [1.82, 2.24) is 10.3 Å². The first-order chi connectivity index (χ1) is 10.3. The lowest BCUT2D eigenvalue weighted by Crippen LogP contribution is -2.31. The summed E-state index contributed by atoms with van der Waals surface area (Å²) in [5.74, 6) is 0.935. The fourth-order valence-electron chi connectivity index (χ4n) is 3.02. The molecule has 3 rings (SSSR count). The second-order valence-electron chi connectivity index (χ2n) is 5.49. The van der Waals surface area contributed by atoms with Crippen LogP contribution in [-0.4, -0.2) is 18.1 Å². The molecule has 1 aliphatic carbocycles. The van der Waals surface area contributed by atoms with Gasteiger partial charge in [-0.3, -0.25) is 0 Å². The highest BCUT2D eigenvalue weighted by Gasteiger charge is 2.26. The van der Waals surface area contributed by atoms with Gasteiger partial charge in [-0.25, -0.2) is 4.98 Å². The van der Waals surface area contributed by atoms with Gasteiger partial charge in [0.2, 0.25) is 0 Å². The van der Waals surface area contributed by atoms with E-state index in [-0.39, 0.29) is 5.92 Å². The van der Waals surface area contributed by atoms with E-state index >= 15 is 0 Å². The number of methoxy groups -OCH3 is 1. The van der Waals surface area contributed by atoms with E-state index in [1.165, 1.54) is 0 Å². The molecule has 108 valence electrons. The molecule has 4 nitrogen and oxygen atoms in total. The first-order valence-corrected chi connectivity index (χ1v) is 7.37. The molecule has 0 spiro atoms. The number of hydrogen-bond acceptors (Lipinski definition) is 4. The van der Waals surface area contributed by atoms with Crippen molar-refractivity contribution in [1.29, 1.82) is 5.26 Å². The standard InChI is InChI=1S/C17H19N3O/c1-21-16-7-3-4-12-8-9-14(20-17(12)16)11-19-15-6-2-5-13(15)10-18/h3-4,7-9,13,15,19H,2,5-6,11H2,1H3. The molecule has 1 aliphatic rings. The molecule has 2 atom stereocenters. The minimum atomic E-state index is 0.139. The molecule has 0 aliphatic heterocycles. The second-order valence-corrected chi connectivity index (χ2v) is 5.49. The third kappa shape index (κ3) is 2.84. The monoisotopic (exact) mass is 281 g/mol. The van der Waals surface area contributed by atoms with Crippen molar-refractivity contribution in [3.63, 3.8) is 0 Å². The van der Waals surface area contributed by atoms with Gasteiger partial charge < -0.3 is 10.1 Å². The normalized spacial score (nSPS) is 21.3. The van der Waals surface area contributed by atoms with Crippen LogP contribution in [0, 0.1) is 17.2 Å². The Kier molecular flexibility index (Phi) is 4.03. The molecule has 4 heteroatoms. The van der Waals surface area contributed by atoms with Crippen LogP contribution in [0.1, 0.15) is 25.0 Å². The number of benzene rings is 1. The smallest absolute Gasteiger partial charge is 0.145 e. The zero-order valence-corrected chi connectivity index (χ0v) is 12.2. The van der Waals surface area contributed by atoms with Crippen molar-refractivity contribution in [2.24, 2.45) is 5.92 Å². The zero-order chi connectivity index (χ0) is 14.7. The number of nitrogens with zero attached hydrogens (tertiary/aromatic N) is 2. The van der Waals surface area contributed by atoms with Crippen molar-refractivity contribution >= 4 is 10.9 Å². The van der Waals surface area contributed by atoms with Gasteiger partial charge in [0.25, 0.3) is 0 Å². The van der Waals surface area contributed by atoms with Gasteiger partial charge in [-0.05, 0) is 25.0 Å². The summed E-state index contributed by atoms with van der Waals surface area (Å²) in [6, 6.07) is 12.7. The summed E-state index contributed by atoms with van der Waals surface area (Å²) < 4.78 is 5.37. The van der Waals surface area contributed by atoms with Gasteiger partial charge in [-0.15, -0.1) is 0 Å². The lowest BCUT2D eigenvalue weighted by molar-refractivity contribution is 0.418. The molecule has 1 N–H and O–H groups in total. The van der Waals surface area contributed by atoms with E-state index < -0.39 is 0 Å². The lowest BCUT2D eigenvalue weighted by Gasteiger charge is -2.15. The topological polar surface area (TPSA) is 57.9 Å². The first-order valence-electron chi connectivity index (χ1n) is 7.37. The summed E-state index contributed by atoms with van der Waals surface area (Å²) in [4.78, 5) is 4.69. The summed E-state index contributed by atoms with van der Waals surface area (Å²) in [7, 11) is 1.66. The predicted octanol–water partition coefficient (Wildman–Crippen LogP) is 3.03. The van der Waals surface area contributed by atoms with Crippen LogP contribution in [0.4, 0.5) is 0 Å². The minimum Gasteiger partial charge on any atom is -0.494 e. The largest absolute Gasteiger partial charge is 0.494 e. The number of hydrogen-bond donors (Lipinski definition) is 1. The molecule has 1 aromatic heterocycles. The van der Waals surface area contributed by atoms with Crippen LogP contribution in [0.5, 0.6) is 5.75 Å².